The molecule has 0 fully saturated rings. The molecular formula is C28H29N5O2. The SMILES string of the molecule is CCc1ccc(OCCCC(=O)Nc2c(C#N)cnn2-c2cc(C)c3cc(C)cc(C)c3n2)cc1. The lowest BCUT2D eigenvalue weighted by Crippen LogP contribution is -2.17. The third-order valence-electron chi connectivity index (χ3n) is 5.95. The van der Waals surface area contributed by atoms with Crippen molar-refractivity contribution in [3.63, 3.8) is 0 Å². The van der Waals surface area contributed by atoms with Gasteiger partial charge in [-0.15, -0.1) is 0 Å². The van der Waals surface area contributed by atoms with Crippen molar-refractivity contribution in [3.05, 3.63) is 76.5 Å². The third-order valence-corrected chi connectivity index (χ3v) is 5.95. The molecule has 4 rings (SSSR count). The van der Waals surface area contributed by atoms with Gasteiger partial charge < -0.3 is 10.1 Å². The van der Waals surface area contributed by atoms with Crippen molar-refractivity contribution < 1.29 is 9.53 Å². The molecule has 2 heterocycles. The summed E-state index contributed by atoms with van der Waals surface area (Å²) in [7, 11) is 0. The minimum Gasteiger partial charge on any atom is -0.494 e. The summed E-state index contributed by atoms with van der Waals surface area (Å²) in [5.74, 6) is 1.45. The summed E-state index contributed by atoms with van der Waals surface area (Å²) in [6, 6.07) is 16.2. The van der Waals surface area contributed by atoms with E-state index < -0.39 is 0 Å². The van der Waals surface area contributed by atoms with Gasteiger partial charge >= 0.3 is 0 Å². The summed E-state index contributed by atoms with van der Waals surface area (Å²) in [6.45, 7) is 8.64. The van der Waals surface area contributed by atoms with E-state index in [4.69, 9.17) is 9.72 Å². The molecule has 2 aromatic carbocycles. The first-order chi connectivity index (χ1) is 16.9. The highest BCUT2D eigenvalue weighted by Crippen LogP contribution is 2.26. The van der Waals surface area contributed by atoms with Gasteiger partial charge in [0.15, 0.2) is 11.6 Å². The summed E-state index contributed by atoms with van der Waals surface area (Å²) in [4.78, 5) is 17.5. The lowest BCUT2D eigenvalue weighted by Gasteiger charge is -2.13. The van der Waals surface area contributed by atoms with E-state index in [9.17, 15) is 10.1 Å². The van der Waals surface area contributed by atoms with Crippen LogP contribution in [0, 0.1) is 32.1 Å². The highest BCUT2D eigenvalue weighted by molar-refractivity contribution is 5.91. The summed E-state index contributed by atoms with van der Waals surface area (Å²) in [5, 5.41) is 17.9. The van der Waals surface area contributed by atoms with Gasteiger partial charge in [0, 0.05) is 11.8 Å². The van der Waals surface area contributed by atoms with Crippen LogP contribution in [0.3, 0.4) is 0 Å². The van der Waals surface area contributed by atoms with Gasteiger partial charge in [-0.2, -0.15) is 15.0 Å². The number of rotatable bonds is 8. The van der Waals surface area contributed by atoms with Crippen LogP contribution < -0.4 is 10.1 Å². The fourth-order valence-corrected chi connectivity index (χ4v) is 4.10. The molecular weight excluding hydrogens is 438 g/mol. The zero-order chi connectivity index (χ0) is 24.9. The molecule has 4 aromatic rings. The molecule has 0 saturated heterocycles. The summed E-state index contributed by atoms with van der Waals surface area (Å²) < 4.78 is 7.26. The number of fused-ring (bicyclic) bond motifs is 1. The van der Waals surface area contributed by atoms with Crippen LogP contribution in [0.25, 0.3) is 16.7 Å². The molecule has 0 aliphatic rings. The summed E-state index contributed by atoms with van der Waals surface area (Å²) in [5.41, 5.74) is 5.70. The zero-order valence-electron chi connectivity index (χ0n) is 20.6. The Labute approximate surface area is 205 Å². The number of benzene rings is 2. The number of amides is 1. The predicted molar refractivity (Wildman–Crippen MR) is 137 cm³/mol. The van der Waals surface area contributed by atoms with E-state index in [1.165, 1.54) is 22.0 Å². The first-order valence-corrected chi connectivity index (χ1v) is 11.8. The fraction of sp³-hybridized carbons (Fsp3) is 0.286. The number of carbonyl (C=O) groups excluding carboxylic acids is 1. The smallest absolute Gasteiger partial charge is 0.225 e. The molecule has 0 spiro atoms. The van der Waals surface area contributed by atoms with Gasteiger partial charge in [0.1, 0.15) is 17.4 Å². The maximum absolute atomic E-state index is 12.7. The molecule has 0 bridgehead atoms. The molecule has 35 heavy (non-hydrogen) atoms. The van der Waals surface area contributed by atoms with Gasteiger partial charge in [-0.05, 0) is 74.6 Å². The Kier molecular flexibility index (Phi) is 7.11. The van der Waals surface area contributed by atoms with Crippen LogP contribution in [-0.2, 0) is 11.2 Å². The number of anilines is 1. The number of pyridine rings is 1. The average molecular weight is 468 g/mol. The normalized spacial score (nSPS) is 10.8. The summed E-state index contributed by atoms with van der Waals surface area (Å²) in [6.07, 6.45) is 3.23. The molecule has 7 heteroatoms. The van der Waals surface area contributed by atoms with Crippen molar-refractivity contribution in [2.75, 3.05) is 11.9 Å². The standard InChI is InChI=1S/C28H29N5O2/c1-5-21-8-10-23(11-9-21)35-12-6-7-26(34)32-28-22(16-29)17-30-33(28)25-15-19(3)24-14-18(2)13-20(4)27(24)31-25/h8-11,13-15,17H,5-7,12H2,1-4H3,(H,32,34). The highest BCUT2D eigenvalue weighted by Gasteiger charge is 2.17. The molecule has 0 radical (unpaired) electrons. The van der Waals surface area contributed by atoms with E-state index in [1.807, 2.05) is 44.2 Å². The minimum absolute atomic E-state index is 0.211. The molecule has 7 nitrogen and oxygen atoms in total. The predicted octanol–water partition coefficient (Wildman–Crippen LogP) is 5.58. The molecule has 0 unspecified atom stereocenters. The van der Waals surface area contributed by atoms with Gasteiger partial charge in [0.2, 0.25) is 5.91 Å². The minimum atomic E-state index is -0.211. The topological polar surface area (TPSA) is 92.8 Å². The summed E-state index contributed by atoms with van der Waals surface area (Å²) >= 11 is 0. The average Bonchev–Trinajstić information content (AvgIpc) is 3.25. The fourth-order valence-electron chi connectivity index (χ4n) is 4.10. The number of ether oxygens (including phenoxy) is 1. The van der Waals surface area contributed by atoms with Crippen molar-refractivity contribution >= 4 is 22.6 Å². The molecule has 0 aliphatic carbocycles. The first kappa shape index (κ1) is 24.0. The van der Waals surface area contributed by atoms with Gasteiger partial charge in [-0.1, -0.05) is 30.7 Å². The Bertz CT molecular complexity index is 1410. The van der Waals surface area contributed by atoms with E-state index in [0.717, 1.165) is 34.2 Å². The highest BCUT2D eigenvalue weighted by atomic mass is 16.5. The second-order valence-electron chi connectivity index (χ2n) is 8.70. The quantitative estimate of drug-likeness (QED) is 0.342. The lowest BCUT2D eigenvalue weighted by molar-refractivity contribution is -0.116. The van der Waals surface area contributed by atoms with E-state index in [0.29, 0.717) is 24.7 Å². The molecule has 0 aliphatic heterocycles. The van der Waals surface area contributed by atoms with Crippen LogP contribution >= 0.6 is 0 Å². The van der Waals surface area contributed by atoms with Crippen LogP contribution in [0.2, 0.25) is 0 Å². The van der Waals surface area contributed by atoms with Crippen LogP contribution in [0.5, 0.6) is 5.75 Å². The number of aryl methyl sites for hydroxylation is 4. The number of carbonyl (C=O) groups is 1. The maximum atomic E-state index is 12.7. The Morgan fingerprint density at radius 3 is 2.60 bits per heavy atom. The number of nitriles is 1. The monoisotopic (exact) mass is 467 g/mol. The van der Waals surface area contributed by atoms with Crippen LogP contribution in [-0.4, -0.2) is 27.3 Å². The van der Waals surface area contributed by atoms with E-state index in [-0.39, 0.29) is 17.9 Å². The molecule has 1 N–H and O–H groups in total. The van der Waals surface area contributed by atoms with Crippen LogP contribution in [0.1, 0.15) is 47.6 Å². The van der Waals surface area contributed by atoms with E-state index >= 15 is 0 Å². The molecule has 1 amide bonds. The van der Waals surface area contributed by atoms with Gasteiger partial charge in [-0.25, -0.2) is 4.98 Å². The Balaban J connectivity index is 1.48. The van der Waals surface area contributed by atoms with Crippen molar-refractivity contribution in [1.29, 1.82) is 5.26 Å². The van der Waals surface area contributed by atoms with Gasteiger partial charge in [0.05, 0.1) is 18.3 Å². The number of nitrogens with one attached hydrogen (secondary N) is 1. The number of aromatic nitrogens is 3. The number of nitrogens with zero attached hydrogens (tertiary/aromatic N) is 4. The van der Waals surface area contributed by atoms with Crippen LogP contribution in [0.4, 0.5) is 5.82 Å². The Morgan fingerprint density at radius 1 is 1.11 bits per heavy atom. The maximum Gasteiger partial charge on any atom is 0.225 e. The van der Waals surface area contributed by atoms with Crippen molar-refractivity contribution in [1.82, 2.24) is 14.8 Å². The van der Waals surface area contributed by atoms with Crippen molar-refractivity contribution in [3.8, 4) is 17.6 Å². The van der Waals surface area contributed by atoms with E-state index in [2.05, 4.69) is 42.5 Å². The second kappa shape index (κ2) is 10.4. The zero-order valence-corrected chi connectivity index (χ0v) is 20.6. The first-order valence-electron chi connectivity index (χ1n) is 11.8. The molecule has 2 aromatic heterocycles. The van der Waals surface area contributed by atoms with Crippen molar-refractivity contribution in [2.45, 2.75) is 47.0 Å². The lowest BCUT2D eigenvalue weighted by atomic mass is 10.0. The Morgan fingerprint density at radius 2 is 1.89 bits per heavy atom. The number of hydrogen-bond acceptors (Lipinski definition) is 5. The second-order valence-corrected chi connectivity index (χ2v) is 8.70. The molecule has 0 saturated carbocycles. The van der Waals surface area contributed by atoms with Gasteiger partial charge in [-0.3, -0.25) is 4.79 Å². The molecule has 178 valence electrons. The van der Waals surface area contributed by atoms with Gasteiger partial charge in [0.25, 0.3) is 0 Å². The third kappa shape index (κ3) is 5.33. The molecule has 0 atom stereocenters. The van der Waals surface area contributed by atoms with Crippen molar-refractivity contribution in [2.24, 2.45) is 0 Å². The van der Waals surface area contributed by atoms with E-state index in [1.54, 1.807) is 0 Å². The largest absolute Gasteiger partial charge is 0.494 e. The van der Waals surface area contributed by atoms with Crippen LogP contribution in [0.15, 0.2) is 48.7 Å². The Hall–Kier alpha value is -4.18. The number of hydrogen-bond donors (Lipinski definition) is 1.